The van der Waals surface area contributed by atoms with E-state index in [1.807, 2.05) is 6.07 Å². The number of esters is 1. The summed E-state index contributed by atoms with van der Waals surface area (Å²) in [5.74, 6) is -0.497. The number of hydrogen-bond acceptors (Lipinski definition) is 8. The van der Waals surface area contributed by atoms with Crippen LogP contribution >= 0.6 is 0 Å². The number of unbranched alkanes of at least 4 members (excludes halogenated alkanes) is 3. The van der Waals surface area contributed by atoms with Gasteiger partial charge in [0.1, 0.15) is 23.0 Å². The number of ether oxygens (including phenoxy) is 3. The van der Waals surface area contributed by atoms with Crippen LogP contribution in [0.4, 0.5) is 0 Å². The van der Waals surface area contributed by atoms with Gasteiger partial charge in [-0.1, -0.05) is 32.3 Å². The SMILES string of the molecule is CCCCCCOc1ccc(/C=C(\C#N)C(=O)Oc2ccc3c(C)cc(=O)oc3c2C(C)=O)cc1OC. The van der Waals surface area contributed by atoms with Crippen LogP contribution < -0.4 is 19.8 Å². The molecule has 0 aliphatic carbocycles. The van der Waals surface area contributed by atoms with Crippen LogP contribution in [0.2, 0.25) is 0 Å². The van der Waals surface area contributed by atoms with Gasteiger partial charge in [0.25, 0.3) is 0 Å². The Morgan fingerprint density at radius 1 is 1.05 bits per heavy atom. The highest BCUT2D eigenvalue weighted by Crippen LogP contribution is 2.31. The predicted octanol–water partition coefficient (Wildman–Crippen LogP) is 5.78. The second kappa shape index (κ2) is 12.5. The summed E-state index contributed by atoms with van der Waals surface area (Å²) < 4.78 is 21.9. The van der Waals surface area contributed by atoms with Crippen molar-refractivity contribution >= 4 is 28.8 Å². The molecule has 192 valence electrons. The molecule has 0 spiro atoms. The number of nitriles is 1. The summed E-state index contributed by atoms with van der Waals surface area (Å²) in [6.45, 7) is 5.69. The minimum Gasteiger partial charge on any atom is -0.493 e. The smallest absolute Gasteiger partial charge is 0.354 e. The summed E-state index contributed by atoms with van der Waals surface area (Å²) in [6, 6.07) is 11.2. The molecule has 0 radical (unpaired) electrons. The van der Waals surface area contributed by atoms with Gasteiger partial charge in [-0.3, -0.25) is 4.79 Å². The second-order valence-corrected chi connectivity index (χ2v) is 8.50. The topological polar surface area (TPSA) is 116 Å². The fourth-order valence-corrected chi connectivity index (χ4v) is 3.85. The average molecular weight is 504 g/mol. The van der Waals surface area contributed by atoms with Crippen molar-refractivity contribution in [3.63, 3.8) is 0 Å². The maximum Gasteiger partial charge on any atom is 0.354 e. The molecule has 0 aliphatic rings. The van der Waals surface area contributed by atoms with Crippen LogP contribution in [0.3, 0.4) is 0 Å². The molecular formula is C29H29NO7. The van der Waals surface area contributed by atoms with Gasteiger partial charge >= 0.3 is 11.6 Å². The first-order valence-corrected chi connectivity index (χ1v) is 12.0. The van der Waals surface area contributed by atoms with E-state index in [2.05, 4.69) is 6.92 Å². The quantitative estimate of drug-likeness (QED) is 0.0614. The number of aryl methyl sites for hydroxylation is 1. The molecule has 0 saturated heterocycles. The van der Waals surface area contributed by atoms with Gasteiger partial charge in [0.15, 0.2) is 22.9 Å². The summed E-state index contributed by atoms with van der Waals surface area (Å²) in [6.07, 6.45) is 5.67. The highest BCUT2D eigenvalue weighted by molar-refractivity contribution is 6.09. The van der Waals surface area contributed by atoms with Crippen molar-refractivity contribution in [1.82, 2.24) is 0 Å². The summed E-state index contributed by atoms with van der Waals surface area (Å²) in [4.78, 5) is 37.1. The maximum absolute atomic E-state index is 12.9. The van der Waals surface area contributed by atoms with Crippen molar-refractivity contribution in [2.75, 3.05) is 13.7 Å². The van der Waals surface area contributed by atoms with Crippen molar-refractivity contribution in [2.24, 2.45) is 0 Å². The van der Waals surface area contributed by atoms with Crippen molar-refractivity contribution < 1.29 is 28.2 Å². The molecule has 8 heteroatoms. The molecule has 2 aromatic carbocycles. The summed E-state index contributed by atoms with van der Waals surface area (Å²) in [5.41, 5.74) is 0.194. The number of methoxy groups -OCH3 is 1. The first-order valence-electron chi connectivity index (χ1n) is 12.0. The zero-order chi connectivity index (χ0) is 26.9. The summed E-state index contributed by atoms with van der Waals surface area (Å²) in [7, 11) is 1.51. The Bertz CT molecular complexity index is 1440. The Hall–Kier alpha value is -4.38. The van der Waals surface area contributed by atoms with Crippen LogP contribution in [-0.2, 0) is 4.79 Å². The molecule has 0 N–H and O–H groups in total. The third-order valence-electron chi connectivity index (χ3n) is 5.73. The van der Waals surface area contributed by atoms with E-state index in [4.69, 9.17) is 18.6 Å². The van der Waals surface area contributed by atoms with Gasteiger partial charge in [0, 0.05) is 11.5 Å². The van der Waals surface area contributed by atoms with Crippen LogP contribution in [0, 0.1) is 18.3 Å². The largest absolute Gasteiger partial charge is 0.493 e. The van der Waals surface area contributed by atoms with Gasteiger partial charge in [-0.15, -0.1) is 0 Å². The molecule has 0 bridgehead atoms. The molecule has 8 nitrogen and oxygen atoms in total. The number of rotatable bonds is 11. The Morgan fingerprint density at radius 3 is 2.49 bits per heavy atom. The molecule has 0 atom stereocenters. The predicted molar refractivity (Wildman–Crippen MR) is 139 cm³/mol. The Kier molecular flexibility index (Phi) is 9.22. The number of Topliss-reactive ketones (excluding diaryl/α,β-unsaturated/α-hetero) is 1. The maximum atomic E-state index is 12.9. The molecule has 0 unspecified atom stereocenters. The first-order chi connectivity index (χ1) is 17.8. The number of hydrogen-bond donors (Lipinski definition) is 0. The van der Waals surface area contributed by atoms with Crippen LogP contribution in [0.25, 0.3) is 17.0 Å². The van der Waals surface area contributed by atoms with E-state index >= 15 is 0 Å². The van der Waals surface area contributed by atoms with Crippen LogP contribution in [0.5, 0.6) is 17.2 Å². The van der Waals surface area contributed by atoms with Gasteiger partial charge in [-0.2, -0.15) is 5.26 Å². The van der Waals surface area contributed by atoms with E-state index in [1.54, 1.807) is 31.2 Å². The fraction of sp³-hybridized carbons (Fsp3) is 0.310. The average Bonchev–Trinajstić information content (AvgIpc) is 2.86. The van der Waals surface area contributed by atoms with Gasteiger partial charge in [-0.05, 0) is 61.7 Å². The molecular weight excluding hydrogens is 474 g/mol. The molecule has 0 saturated carbocycles. The normalized spacial score (nSPS) is 11.2. The number of carbonyl (C=O) groups is 2. The zero-order valence-corrected chi connectivity index (χ0v) is 21.4. The second-order valence-electron chi connectivity index (χ2n) is 8.50. The zero-order valence-electron chi connectivity index (χ0n) is 21.4. The number of carbonyl (C=O) groups excluding carboxylic acids is 2. The van der Waals surface area contributed by atoms with Crippen molar-refractivity contribution in [3.8, 4) is 23.3 Å². The van der Waals surface area contributed by atoms with Crippen LogP contribution in [0.15, 0.2) is 51.2 Å². The monoisotopic (exact) mass is 503 g/mol. The van der Waals surface area contributed by atoms with E-state index in [9.17, 15) is 19.6 Å². The molecule has 37 heavy (non-hydrogen) atoms. The van der Waals surface area contributed by atoms with Crippen molar-refractivity contribution in [3.05, 3.63) is 69.1 Å². The van der Waals surface area contributed by atoms with Crippen molar-refractivity contribution in [1.29, 1.82) is 5.26 Å². The molecule has 0 amide bonds. The van der Waals surface area contributed by atoms with Gasteiger partial charge in [-0.25, -0.2) is 9.59 Å². The highest BCUT2D eigenvalue weighted by Gasteiger charge is 2.21. The van der Waals surface area contributed by atoms with E-state index in [1.165, 1.54) is 32.2 Å². The number of nitrogens with zero attached hydrogens (tertiary/aromatic N) is 1. The van der Waals surface area contributed by atoms with E-state index < -0.39 is 17.4 Å². The summed E-state index contributed by atoms with van der Waals surface area (Å²) in [5, 5.41) is 10.2. The molecule has 3 aromatic rings. The van der Waals surface area contributed by atoms with E-state index in [0.717, 1.165) is 25.7 Å². The summed E-state index contributed by atoms with van der Waals surface area (Å²) >= 11 is 0. The number of ketones is 1. The molecule has 0 aliphatic heterocycles. The third-order valence-corrected chi connectivity index (χ3v) is 5.73. The fourth-order valence-electron chi connectivity index (χ4n) is 3.85. The Labute approximate surface area is 215 Å². The first kappa shape index (κ1) is 27.2. The number of benzene rings is 2. The standard InChI is InChI=1S/C29H29NO7/c1-5-6-7-8-13-35-23-11-9-20(16-25(23)34-4)15-21(17-30)29(33)36-24-12-10-22-18(2)14-26(32)37-28(22)27(24)19(3)31/h9-12,14-16H,5-8,13H2,1-4H3/b21-15+. The van der Waals surface area contributed by atoms with Gasteiger partial charge < -0.3 is 18.6 Å². The highest BCUT2D eigenvalue weighted by atomic mass is 16.5. The van der Waals surface area contributed by atoms with Gasteiger partial charge in [0.2, 0.25) is 0 Å². The lowest BCUT2D eigenvalue weighted by molar-refractivity contribution is -0.129. The van der Waals surface area contributed by atoms with Crippen LogP contribution in [0.1, 0.15) is 61.0 Å². The Morgan fingerprint density at radius 2 is 1.81 bits per heavy atom. The minimum absolute atomic E-state index is 0.0281. The lowest BCUT2D eigenvalue weighted by atomic mass is 10.0. The Balaban J connectivity index is 1.87. The third kappa shape index (κ3) is 6.64. The number of fused-ring (bicyclic) bond motifs is 1. The molecule has 0 fully saturated rings. The minimum atomic E-state index is -0.963. The van der Waals surface area contributed by atoms with Crippen molar-refractivity contribution in [2.45, 2.75) is 46.5 Å². The molecule has 3 rings (SSSR count). The molecule has 1 heterocycles. The molecule has 1 aromatic heterocycles. The lowest BCUT2D eigenvalue weighted by Gasteiger charge is -2.12. The lowest BCUT2D eigenvalue weighted by Crippen LogP contribution is -2.13. The van der Waals surface area contributed by atoms with E-state index in [-0.39, 0.29) is 22.5 Å². The van der Waals surface area contributed by atoms with Crippen LogP contribution in [-0.4, -0.2) is 25.5 Å². The van der Waals surface area contributed by atoms with E-state index in [0.29, 0.717) is 34.6 Å². The van der Waals surface area contributed by atoms with Gasteiger partial charge in [0.05, 0.1) is 13.7 Å².